The molecule has 4 heteroatoms. The van der Waals surface area contributed by atoms with E-state index in [1.807, 2.05) is 51.1 Å². The van der Waals surface area contributed by atoms with Gasteiger partial charge in [0.2, 0.25) is 0 Å². The first-order chi connectivity index (χ1) is 9.95. The highest BCUT2D eigenvalue weighted by Crippen LogP contribution is 2.24. The van der Waals surface area contributed by atoms with Gasteiger partial charge < -0.3 is 16.4 Å². The van der Waals surface area contributed by atoms with Crippen LogP contribution in [0.4, 0.5) is 17.1 Å². The van der Waals surface area contributed by atoms with Crippen molar-refractivity contribution in [3.05, 3.63) is 53.6 Å². The third-order valence-corrected chi connectivity index (χ3v) is 3.01. The number of nitrogen functional groups attached to an aromatic ring is 1. The Morgan fingerprint density at radius 1 is 1.14 bits per heavy atom. The predicted molar refractivity (Wildman–Crippen MR) is 87.9 cm³/mol. The Morgan fingerprint density at radius 2 is 1.90 bits per heavy atom. The fourth-order valence-corrected chi connectivity index (χ4v) is 2.08. The van der Waals surface area contributed by atoms with Crippen molar-refractivity contribution in [1.82, 2.24) is 5.32 Å². The van der Waals surface area contributed by atoms with Gasteiger partial charge in [0, 0.05) is 17.4 Å². The van der Waals surface area contributed by atoms with Gasteiger partial charge in [-0.2, -0.15) is 0 Å². The zero-order chi connectivity index (χ0) is 15.4. The second-order valence-electron chi connectivity index (χ2n) is 5.43. The van der Waals surface area contributed by atoms with Crippen LogP contribution in [0.15, 0.2) is 42.5 Å². The summed E-state index contributed by atoms with van der Waals surface area (Å²) in [6.45, 7) is 5.89. The first-order valence-electron chi connectivity index (χ1n) is 7.00. The van der Waals surface area contributed by atoms with Crippen LogP contribution in [0.1, 0.15) is 29.8 Å². The molecule has 0 saturated heterocycles. The van der Waals surface area contributed by atoms with Gasteiger partial charge in [-0.05, 0) is 56.7 Å². The largest absolute Gasteiger partial charge is 0.399 e. The quantitative estimate of drug-likeness (QED) is 0.753. The highest BCUT2D eigenvalue weighted by Gasteiger charge is 2.13. The monoisotopic (exact) mass is 283 g/mol. The van der Waals surface area contributed by atoms with Crippen molar-refractivity contribution in [3.8, 4) is 0 Å². The summed E-state index contributed by atoms with van der Waals surface area (Å²) >= 11 is 0. The number of aryl methyl sites for hydroxylation is 1. The SMILES string of the molecule is Cc1cccc(Nc2ccc(N)cc2C(=O)NC(C)C)c1. The third-order valence-electron chi connectivity index (χ3n) is 3.01. The molecule has 0 unspecified atom stereocenters. The number of carbonyl (C=O) groups excluding carboxylic acids is 1. The molecule has 0 aliphatic heterocycles. The van der Waals surface area contributed by atoms with Crippen LogP contribution in [-0.4, -0.2) is 11.9 Å². The van der Waals surface area contributed by atoms with Crippen LogP contribution >= 0.6 is 0 Å². The number of anilines is 3. The van der Waals surface area contributed by atoms with Crippen molar-refractivity contribution in [2.24, 2.45) is 0 Å². The Hall–Kier alpha value is -2.49. The molecule has 0 aliphatic carbocycles. The number of carbonyl (C=O) groups is 1. The lowest BCUT2D eigenvalue weighted by Crippen LogP contribution is -2.30. The van der Waals surface area contributed by atoms with E-state index in [-0.39, 0.29) is 11.9 Å². The van der Waals surface area contributed by atoms with E-state index in [0.717, 1.165) is 16.9 Å². The van der Waals surface area contributed by atoms with Gasteiger partial charge in [-0.3, -0.25) is 4.79 Å². The highest BCUT2D eigenvalue weighted by atomic mass is 16.1. The molecule has 0 spiro atoms. The lowest BCUT2D eigenvalue weighted by Gasteiger charge is -2.15. The summed E-state index contributed by atoms with van der Waals surface area (Å²) in [6, 6.07) is 13.4. The predicted octanol–water partition coefficient (Wildman–Crippen LogP) is 3.46. The molecule has 2 aromatic rings. The second-order valence-corrected chi connectivity index (χ2v) is 5.43. The van der Waals surface area contributed by atoms with Gasteiger partial charge in [0.15, 0.2) is 0 Å². The molecule has 0 radical (unpaired) electrons. The molecule has 0 atom stereocenters. The fourth-order valence-electron chi connectivity index (χ4n) is 2.08. The lowest BCUT2D eigenvalue weighted by molar-refractivity contribution is 0.0944. The highest BCUT2D eigenvalue weighted by molar-refractivity contribution is 6.01. The molecule has 4 nitrogen and oxygen atoms in total. The van der Waals surface area contributed by atoms with Crippen molar-refractivity contribution in [2.45, 2.75) is 26.8 Å². The average molecular weight is 283 g/mol. The minimum atomic E-state index is -0.132. The topological polar surface area (TPSA) is 67.1 Å². The maximum atomic E-state index is 12.3. The number of nitrogens with one attached hydrogen (secondary N) is 2. The Labute approximate surface area is 125 Å². The van der Waals surface area contributed by atoms with Crippen molar-refractivity contribution < 1.29 is 4.79 Å². The molecule has 2 aromatic carbocycles. The first-order valence-corrected chi connectivity index (χ1v) is 7.00. The number of hydrogen-bond acceptors (Lipinski definition) is 3. The van der Waals surface area contributed by atoms with Crippen LogP contribution in [0.5, 0.6) is 0 Å². The third kappa shape index (κ3) is 3.99. The Morgan fingerprint density at radius 3 is 2.57 bits per heavy atom. The molecular formula is C17H21N3O. The Balaban J connectivity index is 2.32. The molecule has 0 heterocycles. The molecule has 21 heavy (non-hydrogen) atoms. The van der Waals surface area contributed by atoms with Gasteiger partial charge in [-0.1, -0.05) is 12.1 Å². The van der Waals surface area contributed by atoms with Crippen LogP contribution in [0, 0.1) is 6.92 Å². The lowest BCUT2D eigenvalue weighted by atomic mass is 10.1. The molecule has 4 N–H and O–H groups in total. The molecule has 0 saturated carbocycles. The van der Waals surface area contributed by atoms with Crippen LogP contribution < -0.4 is 16.4 Å². The fraction of sp³-hybridized carbons (Fsp3) is 0.235. The van der Waals surface area contributed by atoms with Crippen LogP contribution in [0.25, 0.3) is 0 Å². The Kier molecular flexibility index (Phi) is 4.48. The van der Waals surface area contributed by atoms with E-state index in [4.69, 9.17) is 5.73 Å². The first kappa shape index (κ1) is 14.9. The standard InChI is InChI=1S/C17H21N3O/c1-11(2)19-17(21)15-10-13(18)7-8-16(15)20-14-6-4-5-12(3)9-14/h4-11,20H,18H2,1-3H3,(H,19,21). The minimum absolute atomic E-state index is 0.0748. The average Bonchev–Trinajstić information content (AvgIpc) is 2.40. The number of hydrogen-bond donors (Lipinski definition) is 3. The van der Waals surface area contributed by atoms with Crippen molar-refractivity contribution in [2.75, 3.05) is 11.1 Å². The van der Waals surface area contributed by atoms with E-state index in [2.05, 4.69) is 10.6 Å². The van der Waals surface area contributed by atoms with Crippen molar-refractivity contribution in [1.29, 1.82) is 0 Å². The summed E-state index contributed by atoms with van der Waals surface area (Å²) in [7, 11) is 0. The van der Waals surface area contributed by atoms with E-state index in [9.17, 15) is 4.79 Å². The molecule has 0 bridgehead atoms. The molecule has 0 fully saturated rings. The van der Waals surface area contributed by atoms with Crippen LogP contribution in [-0.2, 0) is 0 Å². The maximum Gasteiger partial charge on any atom is 0.253 e. The molecule has 110 valence electrons. The van der Waals surface area contributed by atoms with E-state index < -0.39 is 0 Å². The van der Waals surface area contributed by atoms with Gasteiger partial charge >= 0.3 is 0 Å². The van der Waals surface area contributed by atoms with E-state index in [1.54, 1.807) is 12.1 Å². The van der Waals surface area contributed by atoms with Gasteiger partial charge in [0.1, 0.15) is 0 Å². The minimum Gasteiger partial charge on any atom is -0.399 e. The molecule has 1 amide bonds. The van der Waals surface area contributed by atoms with Gasteiger partial charge in [0.25, 0.3) is 5.91 Å². The van der Waals surface area contributed by atoms with Gasteiger partial charge in [0.05, 0.1) is 11.3 Å². The summed E-state index contributed by atoms with van der Waals surface area (Å²) in [5.41, 5.74) is 9.76. The summed E-state index contributed by atoms with van der Waals surface area (Å²) in [4.78, 5) is 12.3. The van der Waals surface area contributed by atoms with Crippen molar-refractivity contribution in [3.63, 3.8) is 0 Å². The zero-order valence-corrected chi connectivity index (χ0v) is 12.6. The smallest absolute Gasteiger partial charge is 0.253 e. The normalized spacial score (nSPS) is 10.5. The maximum absolute atomic E-state index is 12.3. The summed E-state index contributed by atoms with van der Waals surface area (Å²) in [5.74, 6) is -0.132. The summed E-state index contributed by atoms with van der Waals surface area (Å²) in [6.07, 6.45) is 0. The van der Waals surface area contributed by atoms with Crippen LogP contribution in [0.2, 0.25) is 0 Å². The van der Waals surface area contributed by atoms with E-state index >= 15 is 0 Å². The summed E-state index contributed by atoms with van der Waals surface area (Å²) in [5, 5.41) is 6.17. The summed E-state index contributed by atoms with van der Waals surface area (Å²) < 4.78 is 0. The van der Waals surface area contributed by atoms with E-state index in [0.29, 0.717) is 11.3 Å². The number of amides is 1. The van der Waals surface area contributed by atoms with Crippen LogP contribution in [0.3, 0.4) is 0 Å². The van der Waals surface area contributed by atoms with Gasteiger partial charge in [-0.25, -0.2) is 0 Å². The molecule has 0 aromatic heterocycles. The second kappa shape index (κ2) is 6.31. The van der Waals surface area contributed by atoms with E-state index in [1.165, 1.54) is 0 Å². The molecular weight excluding hydrogens is 262 g/mol. The number of benzene rings is 2. The van der Waals surface area contributed by atoms with Crippen molar-refractivity contribution >= 4 is 23.0 Å². The molecule has 0 aliphatic rings. The molecule has 2 rings (SSSR count). The Bertz CT molecular complexity index is 650. The number of rotatable bonds is 4. The number of nitrogens with two attached hydrogens (primary N) is 1. The van der Waals surface area contributed by atoms with Gasteiger partial charge in [-0.15, -0.1) is 0 Å². The zero-order valence-electron chi connectivity index (χ0n) is 12.6.